The maximum atomic E-state index is 11.2. The molecule has 2 amide bonds. The zero-order valence-corrected chi connectivity index (χ0v) is 11.1. The normalized spacial score (nSPS) is 17.2. The Kier molecular flexibility index (Phi) is 7.49. The van der Waals surface area contributed by atoms with Crippen molar-refractivity contribution in [2.45, 2.75) is 45.1 Å². The number of amides is 2. The molecule has 0 spiro atoms. The molecule has 6 N–H and O–H groups in total. The number of rotatable bonds is 6. The van der Waals surface area contributed by atoms with Crippen molar-refractivity contribution in [3.05, 3.63) is 0 Å². The summed E-state index contributed by atoms with van der Waals surface area (Å²) < 4.78 is 0. The Labute approximate surface area is 110 Å². The molecule has 9 nitrogen and oxygen atoms in total. The first kappa shape index (κ1) is 17.7. The van der Waals surface area contributed by atoms with Crippen molar-refractivity contribution in [2.75, 3.05) is 6.61 Å². The van der Waals surface area contributed by atoms with E-state index in [9.17, 15) is 24.9 Å². The first-order chi connectivity index (χ1) is 8.70. The topological polar surface area (TPSA) is 142 Å². The molecule has 0 aliphatic rings. The van der Waals surface area contributed by atoms with Crippen molar-refractivity contribution in [2.24, 2.45) is 0 Å². The Morgan fingerprint density at radius 1 is 1.16 bits per heavy atom. The monoisotopic (exact) mass is 279 g/mol. The number of carbonyl (C=O) groups excluding carboxylic acids is 2. The van der Waals surface area contributed by atoms with Gasteiger partial charge in [0.1, 0.15) is 12.2 Å². The number of aliphatic hydroxyl groups excluding tert-OH is 4. The summed E-state index contributed by atoms with van der Waals surface area (Å²) in [6, 6.07) is -0.869. The van der Waals surface area contributed by atoms with Crippen LogP contribution < -0.4 is 10.9 Å². The van der Waals surface area contributed by atoms with Gasteiger partial charge in [-0.3, -0.25) is 15.0 Å². The fraction of sp³-hybridized carbons (Fsp3) is 0.800. The van der Waals surface area contributed by atoms with Gasteiger partial charge >= 0.3 is 0 Å². The van der Waals surface area contributed by atoms with Crippen LogP contribution in [0.4, 0.5) is 0 Å². The Morgan fingerprint density at radius 2 is 1.68 bits per heavy atom. The molecular weight excluding hydrogens is 258 g/mol. The zero-order valence-electron chi connectivity index (χ0n) is 11.1. The molecular formula is C10H21N3O6. The molecule has 0 saturated heterocycles. The molecule has 0 aliphatic carbocycles. The van der Waals surface area contributed by atoms with Crippen molar-refractivity contribution in [1.29, 1.82) is 0 Å². The second-order valence-corrected chi connectivity index (χ2v) is 4.17. The predicted molar refractivity (Wildman–Crippen MR) is 64.0 cm³/mol. The van der Waals surface area contributed by atoms with Crippen LogP contribution in [0.1, 0.15) is 20.8 Å². The highest BCUT2D eigenvalue weighted by Crippen LogP contribution is 2.05. The van der Waals surface area contributed by atoms with E-state index < -0.39 is 42.8 Å². The van der Waals surface area contributed by atoms with Gasteiger partial charge in [0.15, 0.2) is 0 Å². The first-order valence-electron chi connectivity index (χ1n) is 5.69. The van der Waals surface area contributed by atoms with Gasteiger partial charge in [0.05, 0.1) is 18.8 Å². The summed E-state index contributed by atoms with van der Waals surface area (Å²) >= 11 is 0. The molecule has 0 aliphatic heterocycles. The molecule has 0 heterocycles. The smallest absolute Gasteiger partial charge is 0.252 e. The SMILES string of the molecule is CC(=O)NN(N[C@H](C)[C@@H](O)[C@H](O)[C@H](O)CO)C(C)=O. The second kappa shape index (κ2) is 8.02. The minimum Gasteiger partial charge on any atom is -0.394 e. The molecule has 9 heteroatoms. The van der Waals surface area contributed by atoms with E-state index in [1.807, 2.05) is 0 Å². The van der Waals surface area contributed by atoms with Gasteiger partial charge < -0.3 is 20.4 Å². The van der Waals surface area contributed by atoms with Crippen LogP contribution in [-0.4, -0.2) is 68.3 Å². The lowest BCUT2D eigenvalue weighted by Gasteiger charge is -2.31. The highest BCUT2D eigenvalue weighted by Gasteiger charge is 2.30. The van der Waals surface area contributed by atoms with Gasteiger partial charge in [0.2, 0.25) is 5.91 Å². The molecule has 0 fully saturated rings. The lowest BCUT2D eigenvalue weighted by atomic mass is 10.0. The molecule has 0 radical (unpaired) electrons. The van der Waals surface area contributed by atoms with E-state index in [1.165, 1.54) is 20.8 Å². The van der Waals surface area contributed by atoms with Gasteiger partial charge in [-0.2, -0.15) is 5.12 Å². The summed E-state index contributed by atoms with van der Waals surface area (Å²) in [5.41, 5.74) is 4.63. The molecule has 0 rings (SSSR count). The summed E-state index contributed by atoms with van der Waals surface area (Å²) in [5.74, 6) is -1.04. The molecule has 19 heavy (non-hydrogen) atoms. The Balaban J connectivity index is 4.58. The number of hydrogen-bond acceptors (Lipinski definition) is 7. The average Bonchev–Trinajstić information content (AvgIpc) is 2.34. The lowest BCUT2D eigenvalue weighted by Crippen LogP contribution is -2.60. The van der Waals surface area contributed by atoms with E-state index in [0.29, 0.717) is 0 Å². The quantitative estimate of drug-likeness (QED) is 0.282. The van der Waals surface area contributed by atoms with Gasteiger partial charge in [-0.1, -0.05) is 0 Å². The zero-order chi connectivity index (χ0) is 15.2. The van der Waals surface area contributed by atoms with Gasteiger partial charge in [-0.15, -0.1) is 0 Å². The van der Waals surface area contributed by atoms with Crippen LogP contribution in [-0.2, 0) is 9.59 Å². The fourth-order valence-corrected chi connectivity index (χ4v) is 1.27. The summed E-state index contributed by atoms with van der Waals surface area (Å²) in [4.78, 5) is 22.1. The third kappa shape index (κ3) is 5.94. The van der Waals surface area contributed by atoms with E-state index in [-0.39, 0.29) is 0 Å². The van der Waals surface area contributed by atoms with Gasteiger partial charge in [0.25, 0.3) is 5.91 Å². The Bertz CT molecular complexity index is 314. The van der Waals surface area contributed by atoms with E-state index in [2.05, 4.69) is 10.9 Å². The molecule has 4 atom stereocenters. The van der Waals surface area contributed by atoms with Crippen LogP contribution in [0.15, 0.2) is 0 Å². The molecule has 0 aromatic heterocycles. The van der Waals surface area contributed by atoms with E-state index >= 15 is 0 Å². The Morgan fingerprint density at radius 3 is 2.05 bits per heavy atom. The minimum atomic E-state index is -1.60. The van der Waals surface area contributed by atoms with Crippen LogP contribution in [0.3, 0.4) is 0 Å². The van der Waals surface area contributed by atoms with Crippen molar-refractivity contribution in [1.82, 2.24) is 16.0 Å². The third-order valence-electron chi connectivity index (χ3n) is 2.36. The maximum absolute atomic E-state index is 11.2. The van der Waals surface area contributed by atoms with Crippen molar-refractivity contribution < 1.29 is 30.0 Å². The van der Waals surface area contributed by atoms with Crippen molar-refractivity contribution in [3.8, 4) is 0 Å². The summed E-state index contributed by atoms with van der Waals surface area (Å²) in [5, 5.41) is 37.8. The highest BCUT2D eigenvalue weighted by atomic mass is 16.4. The van der Waals surface area contributed by atoms with E-state index in [0.717, 1.165) is 5.12 Å². The van der Waals surface area contributed by atoms with Crippen molar-refractivity contribution >= 4 is 11.8 Å². The Hall–Kier alpha value is -1.26. The summed E-state index contributed by atoms with van der Waals surface area (Å²) in [6.45, 7) is 3.09. The van der Waals surface area contributed by atoms with E-state index in [1.54, 1.807) is 0 Å². The van der Waals surface area contributed by atoms with E-state index in [4.69, 9.17) is 5.11 Å². The summed E-state index contributed by atoms with van der Waals surface area (Å²) in [7, 11) is 0. The van der Waals surface area contributed by atoms with Crippen molar-refractivity contribution in [3.63, 3.8) is 0 Å². The summed E-state index contributed by atoms with van der Waals surface area (Å²) in [6.07, 6.45) is -4.57. The average molecular weight is 279 g/mol. The molecule has 0 aromatic rings. The number of carbonyl (C=O) groups is 2. The standard InChI is InChI=1S/C10H21N3O6/c1-5(9(18)10(19)8(17)4-14)11-13(7(3)16)12-6(2)15/h5,8-11,14,17-19H,4H2,1-3H3,(H,12,15)/t5-,8-,9-,10-/m1/s1. The lowest BCUT2D eigenvalue weighted by molar-refractivity contribution is -0.147. The molecule has 112 valence electrons. The highest BCUT2D eigenvalue weighted by molar-refractivity contribution is 5.78. The molecule has 0 unspecified atom stereocenters. The van der Waals surface area contributed by atoms with Crippen LogP contribution in [0.5, 0.6) is 0 Å². The van der Waals surface area contributed by atoms with Crippen LogP contribution in [0, 0.1) is 0 Å². The number of nitrogens with zero attached hydrogens (tertiary/aromatic N) is 1. The maximum Gasteiger partial charge on any atom is 0.252 e. The molecule has 0 bridgehead atoms. The first-order valence-corrected chi connectivity index (χ1v) is 5.69. The largest absolute Gasteiger partial charge is 0.394 e. The predicted octanol–water partition coefficient (Wildman–Crippen LogP) is -3.15. The van der Waals surface area contributed by atoms with Gasteiger partial charge in [-0.25, -0.2) is 5.43 Å². The fourth-order valence-electron chi connectivity index (χ4n) is 1.27. The van der Waals surface area contributed by atoms with Crippen LogP contribution in [0.25, 0.3) is 0 Å². The van der Waals surface area contributed by atoms with Gasteiger partial charge in [0, 0.05) is 13.8 Å². The number of hydrazine groups is 2. The third-order valence-corrected chi connectivity index (χ3v) is 2.36. The number of nitrogens with one attached hydrogen (secondary N) is 2. The van der Waals surface area contributed by atoms with Crippen LogP contribution in [0.2, 0.25) is 0 Å². The molecule has 0 saturated carbocycles. The number of aliphatic hydroxyl groups is 4. The number of hydrogen-bond donors (Lipinski definition) is 6. The van der Waals surface area contributed by atoms with Gasteiger partial charge in [-0.05, 0) is 6.92 Å². The van der Waals surface area contributed by atoms with Crippen LogP contribution >= 0.6 is 0 Å². The molecule has 0 aromatic carbocycles. The second-order valence-electron chi connectivity index (χ2n) is 4.17. The minimum absolute atomic E-state index is 0.500.